The summed E-state index contributed by atoms with van der Waals surface area (Å²) in [7, 11) is 0. The van der Waals surface area contributed by atoms with Gasteiger partial charge >= 0.3 is 0 Å². The molecule has 1 heterocycles. The molecule has 1 aliphatic heterocycles. The Labute approximate surface area is 85.6 Å². The minimum Gasteiger partial charge on any atom is -0.353 e. The summed E-state index contributed by atoms with van der Waals surface area (Å²) in [6, 6.07) is 0.301. The van der Waals surface area contributed by atoms with Gasteiger partial charge in [0.2, 0.25) is 5.91 Å². The molecule has 1 radical (unpaired) electrons. The van der Waals surface area contributed by atoms with Crippen LogP contribution in [0.3, 0.4) is 0 Å². The van der Waals surface area contributed by atoms with Gasteiger partial charge in [-0.3, -0.25) is 4.79 Å². The van der Waals surface area contributed by atoms with Gasteiger partial charge in [-0.05, 0) is 51.5 Å². The van der Waals surface area contributed by atoms with Crippen LogP contribution in [0.15, 0.2) is 0 Å². The molecule has 1 saturated carbocycles. The van der Waals surface area contributed by atoms with Crippen molar-refractivity contribution in [3.63, 3.8) is 0 Å². The van der Waals surface area contributed by atoms with Gasteiger partial charge in [0, 0.05) is 6.04 Å². The number of carbonyl (C=O) groups excluding carboxylic acids is 1. The van der Waals surface area contributed by atoms with Gasteiger partial charge in [0.1, 0.15) is 0 Å². The van der Waals surface area contributed by atoms with Gasteiger partial charge < -0.3 is 10.6 Å². The maximum absolute atomic E-state index is 11.8. The molecule has 3 nitrogen and oxygen atoms in total. The van der Waals surface area contributed by atoms with Crippen molar-refractivity contribution in [1.29, 1.82) is 0 Å². The van der Waals surface area contributed by atoms with E-state index in [2.05, 4.69) is 17.1 Å². The van der Waals surface area contributed by atoms with Crippen LogP contribution in [0.2, 0.25) is 0 Å². The maximum atomic E-state index is 11.8. The highest BCUT2D eigenvalue weighted by Crippen LogP contribution is 2.37. The van der Waals surface area contributed by atoms with E-state index in [4.69, 9.17) is 0 Å². The van der Waals surface area contributed by atoms with Gasteiger partial charge in [-0.1, -0.05) is 0 Å². The molecule has 2 aliphatic rings. The number of carbonyl (C=O) groups is 1. The summed E-state index contributed by atoms with van der Waals surface area (Å²) < 4.78 is 0. The fraction of sp³-hybridized carbons (Fsp3) is 0.818. The monoisotopic (exact) mass is 195 g/mol. The molecule has 2 N–H and O–H groups in total. The van der Waals surface area contributed by atoms with Gasteiger partial charge in [0.25, 0.3) is 0 Å². The van der Waals surface area contributed by atoms with Crippen molar-refractivity contribution in [2.75, 3.05) is 6.54 Å². The molecule has 0 aromatic carbocycles. The van der Waals surface area contributed by atoms with Gasteiger partial charge in [-0.2, -0.15) is 0 Å². The summed E-state index contributed by atoms with van der Waals surface area (Å²) >= 11 is 0. The molecule has 79 valence electrons. The third-order valence-corrected chi connectivity index (χ3v) is 3.26. The summed E-state index contributed by atoms with van der Waals surface area (Å²) in [5, 5.41) is 6.31. The molecule has 3 atom stereocenters. The van der Waals surface area contributed by atoms with E-state index in [9.17, 15) is 4.79 Å². The second kappa shape index (κ2) is 3.89. The van der Waals surface area contributed by atoms with Crippen molar-refractivity contribution in [2.45, 2.75) is 38.8 Å². The van der Waals surface area contributed by atoms with E-state index in [0.717, 1.165) is 13.0 Å². The molecule has 3 heteroatoms. The molecule has 0 spiro atoms. The van der Waals surface area contributed by atoms with Crippen LogP contribution < -0.4 is 10.6 Å². The third kappa shape index (κ3) is 1.78. The van der Waals surface area contributed by atoms with Crippen molar-refractivity contribution >= 4 is 5.91 Å². The molecule has 3 unspecified atom stereocenters. The van der Waals surface area contributed by atoms with E-state index in [1.54, 1.807) is 0 Å². The normalized spacial score (nSPS) is 36.1. The second-order valence-electron chi connectivity index (χ2n) is 4.73. The minimum absolute atomic E-state index is 0.0566. The lowest BCUT2D eigenvalue weighted by Crippen LogP contribution is -2.46. The highest BCUT2D eigenvalue weighted by molar-refractivity contribution is 5.82. The van der Waals surface area contributed by atoms with Crippen molar-refractivity contribution in [3.05, 3.63) is 6.42 Å². The molecule has 1 saturated heterocycles. The molecule has 14 heavy (non-hydrogen) atoms. The van der Waals surface area contributed by atoms with Crippen LogP contribution in [0.4, 0.5) is 0 Å². The molecule has 0 aromatic heterocycles. The topological polar surface area (TPSA) is 41.1 Å². The lowest BCUT2D eigenvalue weighted by atomic mass is 9.93. The van der Waals surface area contributed by atoms with Crippen molar-refractivity contribution in [2.24, 2.45) is 11.8 Å². The molecule has 1 aliphatic carbocycles. The summed E-state index contributed by atoms with van der Waals surface area (Å²) in [5.74, 6) is 1.44. The lowest BCUT2D eigenvalue weighted by molar-refractivity contribution is -0.124. The minimum atomic E-state index is 0.0566. The Morgan fingerprint density at radius 1 is 1.50 bits per heavy atom. The Morgan fingerprint density at radius 2 is 2.29 bits per heavy atom. The Morgan fingerprint density at radius 3 is 3.00 bits per heavy atom. The molecule has 2 rings (SSSR count). The van der Waals surface area contributed by atoms with Crippen LogP contribution in [0.5, 0.6) is 0 Å². The Kier molecular flexibility index (Phi) is 2.77. The predicted molar refractivity (Wildman–Crippen MR) is 55.6 cm³/mol. The Hall–Kier alpha value is -0.570. The van der Waals surface area contributed by atoms with Crippen LogP contribution >= 0.6 is 0 Å². The van der Waals surface area contributed by atoms with Gasteiger partial charge in [-0.25, -0.2) is 0 Å². The lowest BCUT2D eigenvalue weighted by Gasteiger charge is -2.19. The van der Waals surface area contributed by atoms with Gasteiger partial charge in [-0.15, -0.1) is 0 Å². The SMILES string of the molecule is CC(C)NC(=O)C1NCC2C[CH]CC21. The fourth-order valence-electron chi connectivity index (χ4n) is 2.60. The zero-order valence-corrected chi connectivity index (χ0v) is 8.92. The average molecular weight is 195 g/mol. The molecule has 0 bridgehead atoms. The van der Waals surface area contributed by atoms with E-state index in [-0.39, 0.29) is 18.0 Å². The number of hydrogen-bond donors (Lipinski definition) is 2. The second-order valence-corrected chi connectivity index (χ2v) is 4.73. The first-order chi connectivity index (χ1) is 6.68. The first-order valence-electron chi connectivity index (χ1n) is 5.54. The Balaban J connectivity index is 1.94. The average Bonchev–Trinajstić information content (AvgIpc) is 2.59. The highest BCUT2D eigenvalue weighted by atomic mass is 16.2. The van der Waals surface area contributed by atoms with Gasteiger partial charge in [0.05, 0.1) is 6.04 Å². The fourth-order valence-corrected chi connectivity index (χ4v) is 2.60. The Bertz CT molecular complexity index is 227. The maximum Gasteiger partial charge on any atom is 0.237 e. The van der Waals surface area contributed by atoms with Crippen LogP contribution in [-0.4, -0.2) is 24.5 Å². The van der Waals surface area contributed by atoms with E-state index in [1.807, 2.05) is 13.8 Å². The highest BCUT2D eigenvalue weighted by Gasteiger charge is 2.42. The predicted octanol–water partition coefficient (Wildman–Crippen LogP) is 0.713. The van der Waals surface area contributed by atoms with Crippen LogP contribution in [-0.2, 0) is 4.79 Å². The summed E-state index contributed by atoms with van der Waals surface area (Å²) in [4.78, 5) is 11.8. The molecular formula is C11H19N2O. The van der Waals surface area contributed by atoms with E-state index in [1.165, 1.54) is 6.42 Å². The first-order valence-corrected chi connectivity index (χ1v) is 5.54. The number of nitrogens with one attached hydrogen (secondary N) is 2. The first kappa shape index (κ1) is 9.97. The standard InChI is InChI=1S/C11H19N2O/c1-7(2)13-11(14)10-9-5-3-4-8(9)6-12-10/h3,7-10,12H,4-6H2,1-2H3,(H,13,14). The van der Waals surface area contributed by atoms with Crippen LogP contribution in [0.1, 0.15) is 26.7 Å². The summed E-state index contributed by atoms with van der Waals surface area (Å²) in [6.45, 7) is 5.02. The molecule has 1 amide bonds. The number of amides is 1. The number of rotatable bonds is 2. The summed E-state index contributed by atoms with van der Waals surface area (Å²) in [5.41, 5.74) is 0. The third-order valence-electron chi connectivity index (χ3n) is 3.26. The van der Waals surface area contributed by atoms with E-state index in [0.29, 0.717) is 11.8 Å². The van der Waals surface area contributed by atoms with Crippen molar-refractivity contribution in [1.82, 2.24) is 10.6 Å². The zero-order valence-electron chi connectivity index (χ0n) is 8.92. The van der Waals surface area contributed by atoms with Crippen molar-refractivity contribution < 1.29 is 4.79 Å². The van der Waals surface area contributed by atoms with Crippen LogP contribution in [0.25, 0.3) is 0 Å². The quantitative estimate of drug-likeness (QED) is 0.681. The zero-order chi connectivity index (χ0) is 10.1. The molecule has 2 fully saturated rings. The van der Waals surface area contributed by atoms with Crippen molar-refractivity contribution in [3.8, 4) is 0 Å². The summed E-state index contributed by atoms with van der Waals surface area (Å²) in [6.07, 6.45) is 4.61. The molecule has 0 aromatic rings. The van der Waals surface area contributed by atoms with E-state index >= 15 is 0 Å². The largest absolute Gasteiger partial charge is 0.353 e. The number of hydrogen-bond acceptors (Lipinski definition) is 2. The van der Waals surface area contributed by atoms with Gasteiger partial charge in [0.15, 0.2) is 0 Å². The smallest absolute Gasteiger partial charge is 0.237 e. The number of fused-ring (bicyclic) bond motifs is 1. The van der Waals surface area contributed by atoms with E-state index < -0.39 is 0 Å². The van der Waals surface area contributed by atoms with Crippen LogP contribution in [0, 0.1) is 18.3 Å². The molecular weight excluding hydrogens is 176 g/mol.